The number of rotatable bonds is 7. The van der Waals surface area contributed by atoms with Gasteiger partial charge in [0.2, 0.25) is 0 Å². The molecular formula is C9H18N2O4. The molecule has 0 bridgehead atoms. The van der Waals surface area contributed by atoms with Crippen LogP contribution in [0.3, 0.4) is 0 Å². The molecule has 0 aromatic rings. The number of amides is 2. The van der Waals surface area contributed by atoms with Gasteiger partial charge < -0.3 is 20.5 Å². The van der Waals surface area contributed by atoms with E-state index in [2.05, 4.69) is 10.6 Å². The molecule has 0 heterocycles. The van der Waals surface area contributed by atoms with Gasteiger partial charge in [-0.25, -0.2) is 9.59 Å². The lowest BCUT2D eigenvalue weighted by atomic mass is 10.2. The minimum absolute atomic E-state index is 0.355. The Morgan fingerprint density at radius 2 is 2.07 bits per heavy atom. The van der Waals surface area contributed by atoms with Crippen LogP contribution in [-0.2, 0) is 9.53 Å². The SMILES string of the molecule is CCOCCNC(=O)N[C@@H](CC)C(=O)O. The summed E-state index contributed by atoms with van der Waals surface area (Å²) in [6.07, 6.45) is 0.355. The molecule has 0 rings (SSSR count). The second-order valence-electron chi connectivity index (χ2n) is 2.90. The zero-order chi connectivity index (χ0) is 11.7. The van der Waals surface area contributed by atoms with E-state index in [1.165, 1.54) is 0 Å². The summed E-state index contributed by atoms with van der Waals surface area (Å²) < 4.78 is 5.00. The van der Waals surface area contributed by atoms with E-state index in [0.29, 0.717) is 26.2 Å². The number of carboxylic acid groups (broad SMARTS) is 1. The smallest absolute Gasteiger partial charge is 0.326 e. The van der Waals surface area contributed by atoms with E-state index in [4.69, 9.17) is 9.84 Å². The molecule has 0 radical (unpaired) electrons. The van der Waals surface area contributed by atoms with E-state index < -0.39 is 18.0 Å². The summed E-state index contributed by atoms with van der Waals surface area (Å²) in [5, 5.41) is 13.5. The molecule has 1 atom stereocenters. The number of carboxylic acids is 1. The normalized spacial score (nSPS) is 11.9. The first-order valence-electron chi connectivity index (χ1n) is 4.96. The summed E-state index contributed by atoms with van der Waals surface area (Å²) in [4.78, 5) is 21.7. The van der Waals surface area contributed by atoms with Gasteiger partial charge in [-0.05, 0) is 13.3 Å². The quantitative estimate of drug-likeness (QED) is 0.532. The number of ether oxygens (including phenoxy) is 1. The van der Waals surface area contributed by atoms with E-state index in [-0.39, 0.29) is 0 Å². The van der Waals surface area contributed by atoms with Crippen LogP contribution in [0, 0.1) is 0 Å². The van der Waals surface area contributed by atoms with Crippen LogP contribution in [0.15, 0.2) is 0 Å². The van der Waals surface area contributed by atoms with E-state index in [0.717, 1.165) is 0 Å². The first-order valence-corrected chi connectivity index (χ1v) is 4.96. The summed E-state index contributed by atoms with van der Waals surface area (Å²) in [5.74, 6) is -1.03. The van der Waals surface area contributed by atoms with Gasteiger partial charge >= 0.3 is 12.0 Å². The first kappa shape index (κ1) is 13.7. The Hall–Kier alpha value is -1.30. The van der Waals surface area contributed by atoms with E-state index in [1.54, 1.807) is 6.92 Å². The molecule has 0 aromatic heterocycles. The monoisotopic (exact) mass is 218 g/mol. The molecule has 0 spiro atoms. The fourth-order valence-corrected chi connectivity index (χ4v) is 0.929. The van der Waals surface area contributed by atoms with Gasteiger partial charge in [0.05, 0.1) is 6.61 Å². The van der Waals surface area contributed by atoms with Crippen molar-refractivity contribution < 1.29 is 19.4 Å². The molecule has 2 amide bonds. The van der Waals surface area contributed by atoms with Crippen molar-refractivity contribution in [3.05, 3.63) is 0 Å². The zero-order valence-electron chi connectivity index (χ0n) is 9.08. The van der Waals surface area contributed by atoms with Gasteiger partial charge in [-0.2, -0.15) is 0 Å². The molecule has 15 heavy (non-hydrogen) atoms. The highest BCUT2D eigenvalue weighted by atomic mass is 16.5. The maximum atomic E-state index is 11.1. The highest BCUT2D eigenvalue weighted by molar-refractivity contribution is 5.82. The number of nitrogens with one attached hydrogen (secondary N) is 2. The summed E-state index contributed by atoms with van der Waals surface area (Å²) in [5.41, 5.74) is 0. The van der Waals surface area contributed by atoms with Crippen molar-refractivity contribution in [3.8, 4) is 0 Å². The Kier molecular flexibility index (Phi) is 7.35. The van der Waals surface area contributed by atoms with Crippen LogP contribution in [0.4, 0.5) is 4.79 Å². The van der Waals surface area contributed by atoms with Crippen LogP contribution in [0.1, 0.15) is 20.3 Å². The average Bonchev–Trinajstić information content (AvgIpc) is 2.20. The van der Waals surface area contributed by atoms with Crippen molar-refractivity contribution >= 4 is 12.0 Å². The summed E-state index contributed by atoms with van der Waals surface area (Å²) >= 11 is 0. The molecule has 3 N–H and O–H groups in total. The van der Waals surface area contributed by atoms with Crippen LogP contribution in [0.25, 0.3) is 0 Å². The third-order valence-corrected chi connectivity index (χ3v) is 1.75. The van der Waals surface area contributed by atoms with Crippen LogP contribution < -0.4 is 10.6 Å². The van der Waals surface area contributed by atoms with Gasteiger partial charge in [-0.3, -0.25) is 0 Å². The van der Waals surface area contributed by atoms with Crippen LogP contribution in [0.2, 0.25) is 0 Å². The van der Waals surface area contributed by atoms with Gasteiger partial charge in [0.1, 0.15) is 6.04 Å². The van der Waals surface area contributed by atoms with Crippen molar-refractivity contribution in [1.29, 1.82) is 0 Å². The van der Waals surface area contributed by atoms with Gasteiger partial charge in [0.15, 0.2) is 0 Å². The molecule has 0 fully saturated rings. The maximum Gasteiger partial charge on any atom is 0.326 e. The lowest BCUT2D eigenvalue weighted by Gasteiger charge is -2.12. The second kappa shape index (κ2) is 8.05. The highest BCUT2D eigenvalue weighted by Crippen LogP contribution is 1.89. The van der Waals surface area contributed by atoms with Crippen LogP contribution >= 0.6 is 0 Å². The fourth-order valence-electron chi connectivity index (χ4n) is 0.929. The van der Waals surface area contributed by atoms with Gasteiger partial charge in [-0.15, -0.1) is 0 Å². The molecular weight excluding hydrogens is 200 g/mol. The summed E-state index contributed by atoms with van der Waals surface area (Å²) in [6, 6.07) is -1.32. The van der Waals surface area contributed by atoms with E-state index in [9.17, 15) is 9.59 Å². The third kappa shape index (κ3) is 6.73. The lowest BCUT2D eigenvalue weighted by Crippen LogP contribution is -2.46. The Morgan fingerprint density at radius 3 is 2.53 bits per heavy atom. The number of carbonyl (C=O) groups excluding carboxylic acids is 1. The highest BCUT2D eigenvalue weighted by Gasteiger charge is 2.16. The third-order valence-electron chi connectivity index (χ3n) is 1.75. The van der Waals surface area contributed by atoms with Crippen LogP contribution in [0.5, 0.6) is 0 Å². The van der Waals surface area contributed by atoms with E-state index in [1.807, 2.05) is 6.92 Å². The Balaban J connectivity index is 3.67. The molecule has 0 aromatic carbocycles. The molecule has 0 aliphatic carbocycles. The second-order valence-corrected chi connectivity index (χ2v) is 2.90. The van der Waals surface area contributed by atoms with Gasteiger partial charge in [0, 0.05) is 13.2 Å². The first-order chi connectivity index (χ1) is 7.11. The van der Waals surface area contributed by atoms with Crippen molar-refractivity contribution in [2.45, 2.75) is 26.3 Å². The van der Waals surface area contributed by atoms with Gasteiger partial charge in [0.25, 0.3) is 0 Å². The summed E-state index contributed by atoms with van der Waals surface area (Å²) in [6.45, 7) is 4.94. The largest absolute Gasteiger partial charge is 0.480 e. The Labute approximate surface area is 89.0 Å². The standard InChI is InChI=1S/C9H18N2O4/c1-3-7(8(12)13)11-9(14)10-5-6-15-4-2/h7H,3-6H2,1-2H3,(H,12,13)(H2,10,11,14)/t7-/m0/s1. The number of urea groups is 1. The molecule has 0 saturated carbocycles. The predicted molar refractivity (Wildman–Crippen MR) is 54.7 cm³/mol. The molecule has 0 saturated heterocycles. The van der Waals surface area contributed by atoms with Crippen LogP contribution in [-0.4, -0.2) is 42.9 Å². The number of hydrogen-bond acceptors (Lipinski definition) is 3. The summed E-state index contributed by atoms with van der Waals surface area (Å²) in [7, 11) is 0. The fraction of sp³-hybridized carbons (Fsp3) is 0.778. The Morgan fingerprint density at radius 1 is 1.40 bits per heavy atom. The predicted octanol–water partition coefficient (Wildman–Crippen LogP) is 0.185. The molecule has 0 aliphatic rings. The molecule has 0 unspecified atom stereocenters. The molecule has 88 valence electrons. The van der Waals surface area contributed by atoms with Crippen molar-refractivity contribution in [2.24, 2.45) is 0 Å². The van der Waals surface area contributed by atoms with Crippen molar-refractivity contribution in [1.82, 2.24) is 10.6 Å². The minimum Gasteiger partial charge on any atom is -0.480 e. The van der Waals surface area contributed by atoms with Crippen molar-refractivity contribution in [3.63, 3.8) is 0 Å². The molecule has 6 nitrogen and oxygen atoms in total. The number of carbonyl (C=O) groups is 2. The van der Waals surface area contributed by atoms with Crippen molar-refractivity contribution in [2.75, 3.05) is 19.8 Å². The molecule has 6 heteroatoms. The zero-order valence-corrected chi connectivity index (χ0v) is 9.08. The lowest BCUT2D eigenvalue weighted by molar-refractivity contribution is -0.139. The van der Waals surface area contributed by atoms with E-state index >= 15 is 0 Å². The minimum atomic E-state index is -1.03. The average molecular weight is 218 g/mol. The number of aliphatic carboxylic acids is 1. The Bertz CT molecular complexity index is 208. The number of hydrogen-bond donors (Lipinski definition) is 3. The maximum absolute atomic E-state index is 11.1. The molecule has 0 aliphatic heterocycles. The topological polar surface area (TPSA) is 87.7 Å². The van der Waals surface area contributed by atoms with Gasteiger partial charge in [-0.1, -0.05) is 6.92 Å².